The average molecular weight is 826 g/mol. The van der Waals surface area contributed by atoms with Crippen LogP contribution in [0.1, 0.15) is 80.2 Å². The number of ether oxygens (including phenoxy) is 5. The highest BCUT2D eigenvalue weighted by Crippen LogP contribution is 2.45. The van der Waals surface area contributed by atoms with Crippen molar-refractivity contribution in [1.82, 2.24) is 24.7 Å². The van der Waals surface area contributed by atoms with Crippen molar-refractivity contribution < 1.29 is 53.1 Å². The zero-order chi connectivity index (χ0) is 43.3. The Balaban J connectivity index is 1.33. The quantitative estimate of drug-likeness (QED) is 0.289. The Kier molecular flexibility index (Phi) is 13.1. The van der Waals surface area contributed by atoms with Gasteiger partial charge in [0, 0.05) is 67.7 Å². The molecule has 326 valence electrons. The number of carbonyl (C=O) groups excluding carboxylic acids is 4. The Morgan fingerprint density at radius 1 is 1.02 bits per heavy atom. The summed E-state index contributed by atoms with van der Waals surface area (Å²) in [5.74, 6) is -5.08. The number of amides is 1. The van der Waals surface area contributed by atoms with Crippen LogP contribution in [0.5, 0.6) is 5.75 Å². The molecule has 0 aromatic carbocycles. The summed E-state index contributed by atoms with van der Waals surface area (Å²) in [6.07, 6.45) is 0.438. The van der Waals surface area contributed by atoms with E-state index in [-0.39, 0.29) is 42.6 Å². The van der Waals surface area contributed by atoms with Crippen molar-refractivity contribution in [3.63, 3.8) is 0 Å². The second kappa shape index (κ2) is 17.3. The van der Waals surface area contributed by atoms with E-state index in [9.17, 15) is 29.4 Å². The van der Waals surface area contributed by atoms with E-state index in [0.717, 1.165) is 5.39 Å². The summed E-state index contributed by atoms with van der Waals surface area (Å²) in [4.78, 5) is 71.4. The number of aliphatic hydroxyl groups is 1. The topological polar surface area (TPSA) is 190 Å². The maximum Gasteiger partial charge on any atom is 0.411 e. The SMILES string of the molecule is CC[C@H]1OC(=O)[C@H](C)C(=O)[C@H](C)[C@@H](O[C@@H]2O[C@H](C)C[C@H](N(C)C)[C@H]2O)[C@](C)(OC)C[C@@H](C)C(=O)[C@H](C)C2N(C3CN(Cc4c(O)cnc5cnccc45)C3)C(=O)O[C@@]21C. The van der Waals surface area contributed by atoms with Crippen LogP contribution in [0.3, 0.4) is 0 Å². The smallest absolute Gasteiger partial charge is 0.411 e. The summed E-state index contributed by atoms with van der Waals surface area (Å²) in [5, 5.41) is 23.0. The summed E-state index contributed by atoms with van der Waals surface area (Å²) >= 11 is 0. The molecule has 1 unspecified atom stereocenters. The molecule has 6 heterocycles. The minimum Gasteiger partial charge on any atom is -0.506 e. The summed E-state index contributed by atoms with van der Waals surface area (Å²) in [6, 6.07) is 0.308. The molecule has 0 bridgehead atoms. The normalized spacial score (nSPS) is 38.2. The number of pyridine rings is 2. The highest BCUT2D eigenvalue weighted by molar-refractivity contribution is 6.00. The number of nitrogens with zero attached hydrogens (tertiary/aromatic N) is 5. The zero-order valence-electron chi connectivity index (χ0n) is 36.3. The van der Waals surface area contributed by atoms with E-state index >= 15 is 0 Å². The molecule has 4 saturated heterocycles. The Bertz CT molecular complexity index is 1890. The number of methoxy groups -OCH3 is 1. The first-order valence-electron chi connectivity index (χ1n) is 20.9. The molecule has 16 nitrogen and oxygen atoms in total. The van der Waals surface area contributed by atoms with Crippen LogP contribution in [0.2, 0.25) is 0 Å². The molecule has 13 atom stereocenters. The number of likely N-dealkylation sites (tertiary alicyclic amines) is 1. The third-order valence-corrected chi connectivity index (χ3v) is 13.6. The molecular formula is C43H63N5O11. The number of hydrogen-bond donors (Lipinski definition) is 2. The second-order valence-electron chi connectivity index (χ2n) is 18.0. The van der Waals surface area contributed by atoms with Crippen LogP contribution >= 0.6 is 0 Å². The van der Waals surface area contributed by atoms with Crippen molar-refractivity contribution in [1.29, 1.82) is 0 Å². The molecule has 0 spiro atoms. The van der Waals surface area contributed by atoms with Gasteiger partial charge < -0.3 is 38.8 Å². The Labute approximate surface area is 346 Å². The zero-order valence-corrected chi connectivity index (χ0v) is 36.3. The van der Waals surface area contributed by atoms with Gasteiger partial charge in [0.25, 0.3) is 0 Å². The maximum absolute atomic E-state index is 14.8. The van der Waals surface area contributed by atoms with Gasteiger partial charge in [-0.25, -0.2) is 4.79 Å². The molecule has 4 aliphatic rings. The van der Waals surface area contributed by atoms with Crippen LogP contribution in [-0.4, -0.2) is 153 Å². The Morgan fingerprint density at radius 3 is 2.36 bits per heavy atom. The van der Waals surface area contributed by atoms with E-state index in [0.29, 0.717) is 37.1 Å². The summed E-state index contributed by atoms with van der Waals surface area (Å²) in [5.41, 5.74) is -1.40. The highest BCUT2D eigenvalue weighted by atomic mass is 16.7. The highest BCUT2D eigenvalue weighted by Gasteiger charge is 2.62. The van der Waals surface area contributed by atoms with Crippen molar-refractivity contribution in [2.45, 2.75) is 141 Å². The molecule has 4 fully saturated rings. The molecule has 1 amide bonds. The van der Waals surface area contributed by atoms with Crippen LogP contribution in [-0.2, 0) is 44.6 Å². The number of esters is 1. The molecule has 0 saturated carbocycles. The number of aromatic hydroxyl groups is 1. The van der Waals surface area contributed by atoms with Crippen molar-refractivity contribution in [3.05, 3.63) is 30.2 Å². The lowest BCUT2D eigenvalue weighted by Crippen LogP contribution is -2.65. The number of carbonyl (C=O) groups is 4. The van der Waals surface area contributed by atoms with Gasteiger partial charge in [-0.3, -0.25) is 34.2 Å². The predicted molar refractivity (Wildman–Crippen MR) is 215 cm³/mol. The van der Waals surface area contributed by atoms with Gasteiger partial charge in [-0.1, -0.05) is 27.7 Å². The summed E-state index contributed by atoms with van der Waals surface area (Å²) in [7, 11) is 5.22. The van der Waals surface area contributed by atoms with Gasteiger partial charge in [-0.15, -0.1) is 0 Å². The molecule has 2 N–H and O–H groups in total. The van der Waals surface area contributed by atoms with Gasteiger partial charge in [0.1, 0.15) is 29.7 Å². The minimum atomic E-state index is -1.45. The van der Waals surface area contributed by atoms with Crippen LogP contribution in [0.15, 0.2) is 24.7 Å². The van der Waals surface area contributed by atoms with Crippen LogP contribution in [0, 0.1) is 23.7 Å². The number of ketones is 2. The minimum absolute atomic E-state index is 0.0553. The first-order valence-corrected chi connectivity index (χ1v) is 20.9. The van der Waals surface area contributed by atoms with E-state index < -0.39 is 83.4 Å². The lowest BCUT2D eigenvalue weighted by molar-refractivity contribution is -0.295. The van der Waals surface area contributed by atoms with Gasteiger partial charge in [0.05, 0.1) is 47.8 Å². The van der Waals surface area contributed by atoms with Crippen molar-refractivity contribution in [3.8, 4) is 5.75 Å². The van der Waals surface area contributed by atoms with Gasteiger partial charge in [-0.2, -0.15) is 0 Å². The fraction of sp³-hybridized carbons (Fsp3) is 0.721. The fourth-order valence-electron chi connectivity index (χ4n) is 10.1. The molecule has 59 heavy (non-hydrogen) atoms. The summed E-state index contributed by atoms with van der Waals surface area (Å²) in [6.45, 7) is 15.1. The van der Waals surface area contributed by atoms with E-state index in [2.05, 4.69) is 14.9 Å². The van der Waals surface area contributed by atoms with Crippen molar-refractivity contribution >= 4 is 34.5 Å². The molecule has 16 heteroatoms. The largest absolute Gasteiger partial charge is 0.506 e. The number of hydrogen-bond acceptors (Lipinski definition) is 15. The van der Waals surface area contributed by atoms with Gasteiger partial charge >= 0.3 is 12.1 Å². The third kappa shape index (κ3) is 8.32. The van der Waals surface area contributed by atoms with E-state index in [4.69, 9.17) is 23.7 Å². The van der Waals surface area contributed by atoms with Gasteiger partial charge in [-0.05, 0) is 67.1 Å². The Morgan fingerprint density at radius 2 is 1.71 bits per heavy atom. The third-order valence-electron chi connectivity index (χ3n) is 13.6. The van der Waals surface area contributed by atoms with E-state index in [1.807, 2.05) is 32.8 Å². The standard InChI is InChI=1S/C43H63N5O11/c1-12-33-43(8)37(48(41(54)59-43)27-19-47(20-27)21-29-28-13-14-44-17-30(28)45-18-32(29)49)24(4)34(50)22(2)16-42(7,55-11)38(25(5)35(51)26(6)39(53)57-33)58-40-36(52)31(46(9)10)15-23(3)56-40/h13-14,17-18,22-27,31,33,36-38,40,49,52H,12,15-16,19-21H2,1-11H3/t22-,23-,24+,25+,26-,31+,33-,36-,37?,38-,40+,42-,43-/m1/s1. The lowest BCUT2D eigenvalue weighted by Gasteiger charge is -2.48. The number of cyclic esters (lactones) is 1. The van der Waals surface area contributed by atoms with Crippen molar-refractivity contribution in [2.75, 3.05) is 34.3 Å². The van der Waals surface area contributed by atoms with Crippen LogP contribution in [0.4, 0.5) is 4.79 Å². The number of aliphatic hydroxyl groups excluding tert-OH is 1. The second-order valence-corrected chi connectivity index (χ2v) is 18.0. The van der Waals surface area contributed by atoms with E-state index in [1.54, 1.807) is 58.0 Å². The van der Waals surface area contributed by atoms with Gasteiger partial charge in [0.15, 0.2) is 17.7 Å². The number of fused-ring (bicyclic) bond motifs is 2. The molecule has 2 aromatic rings. The van der Waals surface area contributed by atoms with E-state index in [1.165, 1.54) is 20.2 Å². The van der Waals surface area contributed by atoms with Crippen LogP contribution < -0.4 is 0 Å². The monoisotopic (exact) mass is 825 g/mol. The predicted octanol–water partition coefficient (Wildman–Crippen LogP) is 3.72. The van der Waals surface area contributed by atoms with Crippen LogP contribution in [0.25, 0.3) is 10.9 Å². The molecular weight excluding hydrogens is 762 g/mol. The fourth-order valence-corrected chi connectivity index (χ4v) is 10.1. The average Bonchev–Trinajstić information content (AvgIpc) is 3.45. The number of Topliss-reactive ketones (excluding diaryl/α,β-unsaturated/α-hetero) is 2. The first kappa shape index (κ1) is 44.7. The maximum atomic E-state index is 14.8. The molecule has 0 radical (unpaired) electrons. The number of aromatic nitrogens is 2. The first-order chi connectivity index (χ1) is 27.8. The summed E-state index contributed by atoms with van der Waals surface area (Å²) < 4.78 is 31.3. The molecule has 4 aliphatic heterocycles. The number of rotatable bonds is 8. The molecule has 6 rings (SSSR count). The molecule has 0 aliphatic carbocycles. The Hall–Kier alpha value is -3.80. The molecule has 2 aromatic heterocycles. The van der Waals surface area contributed by atoms with Crippen molar-refractivity contribution in [2.24, 2.45) is 23.7 Å². The number of likely N-dealkylation sites (N-methyl/N-ethyl adjacent to an activating group) is 1. The van der Waals surface area contributed by atoms with Gasteiger partial charge in [0.2, 0.25) is 0 Å². The lowest BCUT2D eigenvalue weighted by atomic mass is 9.73.